The zero-order valence-electron chi connectivity index (χ0n) is 10.9. The Morgan fingerprint density at radius 2 is 1.94 bits per heavy atom. The predicted molar refractivity (Wildman–Crippen MR) is 68.5 cm³/mol. The molecular weight excluding hydrogens is 198 g/mol. The number of piperazine rings is 1. The molecule has 94 valence electrons. The van der Waals surface area contributed by atoms with Gasteiger partial charge in [-0.3, -0.25) is 4.90 Å². The molecule has 1 unspecified atom stereocenters. The summed E-state index contributed by atoms with van der Waals surface area (Å²) in [6.45, 7) is 6.80. The molecular formula is C13H27N3. The molecule has 3 nitrogen and oxygen atoms in total. The van der Waals surface area contributed by atoms with Gasteiger partial charge >= 0.3 is 0 Å². The van der Waals surface area contributed by atoms with Crippen LogP contribution >= 0.6 is 0 Å². The van der Waals surface area contributed by atoms with Gasteiger partial charge in [-0.25, -0.2) is 0 Å². The summed E-state index contributed by atoms with van der Waals surface area (Å²) in [4.78, 5) is 5.21. The fourth-order valence-corrected chi connectivity index (χ4v) is 3.50. The van der Waals surface area contributed by atoms with Crippen LogP contribution in [0.5, 0.6) is 0 Å². The van der Waals surface area contributed by atoms with Gasteiger partial charge < -0.3 is 10.6 Å². The van der Waals surface area contributed by atoms with Crippen molar-refractivity contribution in [1.82, 2.24) is 9.80 Å². The second kappa shape index (κ2) is 5.03. The molecule has 0 radical (unpaired) electrons. The lowest BCUT2D eigenvalue weighted by Crippen LogP contribution is -2.61. The molecule has 1 aliphatic carbocycles. The maximum absolute atomic E-state index is 6.07. The highest BCUT2D eigenvalue weighted by molar-refractivity contribution is 4.98. The lowest BCUT2D eigenvalue weighted by atomic mass is 9.93. The zero-order valence-corrected chi connectivity index (χ0v) is 10.9. The number of nitrogens with two attached hydrogens (primary N) is 1. The van der Waals surface area contributed by atoms with Gasteiger partial charge in [-0.1, -0.05) is 19.8 Å². The van der Waals surface area contributed by atoms with Gasteiger partial charge in [0.25, 0.3) is 0 Å². The van der Waals surface area contributed by atoms with E-state index in [0.29, 0.717) is 5.54 Å². The van der Waals surface area contributed by atoms with Crippen molar-refractivity contribution in [3.8, 4) is 0 Å². The first kappa shape index (κ1) is 12.3. The maximum Gasteiger partial charge on any atom is 0.0332 e. The van der Waals surface area contributed by atoms with Crippen molar-refractivity contribution in [2.75, 3.05) is 33.2 Å². The fraction of sp³-hybridized carbons (Fsp3) is 1.00. The molecule has 0 aromatic rings. The van der Waals surface area contributed by atoms with E-state index in [1.807, 2.05) is 0 Å². The topological polar surface area (TPSA) is 32.5 Å². The molecule has 1 saturated heterocycles. The van der Waals surface area contributed by atoms with Gasteiger partial charge in [0, 0.05) is 37.8 Å². The van der Waals surface area contributed by atoms with Crippen LogP contribution in [0.1, 0.15) is 39.0 Å². The minimum Gasteiger partial charge on any atom is -0.329 e. The smallest absolute Gasteiger partial charge is 0.0332 e. The zero-order chi connectivity index (χ0) is 11.6. The Morgan fingerprint density at radius 1 is 1.25 bits per heavy atom. The fourth-order valence-electron chi connectivity index (χ4n) is 3.50. The largest absolute Gasteiger partial charge is 0.329 e. The van der Waals surface area contributed by atoms with Crippen molar-refractivity contribution < 1.29 is 0 Å². The summed E-state index contributed by atoms with van der Waals surface area (Å²) in [7, 11) is 2.26. The van der Waals surface area contributed by atoms with Gasteiger partial charge in [0.2, 0.25) is 0 Å². The molecule has 2 rings (SSSR count). The monoisotopic (exact) mass is 225 g/mol. The molecule has 1 atom stereocenters. The van der Waals surface area contributed by atoms with Gasteiger partial charge in [0.05, 0.1) is 0 Å². The minimum atomic E-state index is 0.356. The van der Waals surface area contributed by atoms with Crippen molar-refractivity contribution in [3.05, 3.63) is 0 Å². The molecule has 1 aliphatic heterocycles. The van der Waals surface area contributed by atoms with E-state index in [1.165, 1.54) is 51.7 Å². The van der Waals surface area contributed by atoms with E-state index in [2.05, 4.69) is 23.8 Å². The van der Waals surface area contributed by atoms with Crippen LogP contribution in [0.15, 0.2) is 0 Å². The van der Waals surface area contributed by atoms with Gasteiger partial charge in [-0.15, -0.1) is 0 Å². The van der Waals surface area contributed by atoms with E-state index < -0.39 is 0 Å². The van der Waals surface area contributed by atoms with E-state index in [1.54, 1.807) is 0 Å². The molecule has 0 spiro atoms. The molecule has 2 N–H and O–H groups in total. The molecule has 0 aromatic carbocycles. The van der Waals surface area contributed by atoms with Crippen LogP contribution in [0, 0.1) is 0 Å². The summed E-state index contributed by atoms with van der Waals surface area (Å²) in [6, 6.07) is 0.734. The lowest BCUT2D eigenvalue weighted by molar-refractivity contribution is 0.0148. The quantitative estimate of drug-likeness (QED) is 0.785. The molecule has 1 saturated carbocycles. The summed E-state index contributed by atoms with van der Waals surface area (Å²) < 4.78 is 0. The molecule has 16 heavy (non-hydrogen) atoms. The standard InChI is InChI=1S/C13H27N3/c1-3-12-10-16(9-8-15(12)2)13(11-14)6-4-5-7-13/h12H,3-11,14H2,1-2H3. The van der Waals surface area contributed by atoms with E-state index >= 15 is 0 Å². The van der Waals surface area contributed by atoms with E-state index in [0.717, 1.165) is 12.6 Å². The second-order valence-electron chi connectivity index (χ2n) is 5.62. The molecule has 1 heterocycles. The van der Waals surface area contributed by atoms with Crippen molar-refractivity contribution >= 4 is 0 Å². The minimum absolute atomic E-state index is 0.356. The summed E-state index contributed by atoms with van der Waals surface area (Å²) in [5, 5.41) is 0. The highest BCUT2D eigenvalue weighted by atomic mass is 15.3. The Bertz CT molecular complexity index is 223. The van der Waals surface area contributed by atoms with Crippen molar-refractivity contribution in [2.45, 2.75) is 50.6 Å². The molecule has 0 amide bonds. The molecule has 2 fully saturated rings. The van der Waals surface area contributed by atoms with Gasteiger partial charge in [0.1, 0.15) is 0 Å². The predicted octanol–water partition coefficient (Wildman–Crippen LogP) is 1.28. The van der Waals surface area contributed by atoms with Crippen molar-refractivity contribution in [2.24, 2.45) is 5.73 Å². The first-order valence-corrected chi connectivity index (χ1v) is 6.87. The van der Waals surface area contributed by atoms with Crippen molar-refractivity contribution in [1.29, 1.82) is 0 Å². The van der Waals surface area contributed by atoms with E-state index in [-0.39, 0.29) is 0 Å². The Labute approximate surface area is 100.0 Å². The maximum atomic E-state index is 6.07. The highest BCUT2D eigenvalue weighted by Crippen LogP contribution is 2.35. The van der Waals surface area contributed by atoms with Gasteiger partial charge in [-0.2, -0.15) is 0 Å². The van der Waals surface area contributed by atoms with Crippen LogP contribution in [0.25, 0.3) is 0 Å². The van der Waals surface area contributed by atoms with Crippen LogP contribution in [0.4, 0.5) is 0 Å². The first-order chi connectivity index (χ1) is 7.72. The van der Waals surface area contributed by atoms with Crippen LogP contribution in [-0.4, -0.2) is 54.6 Å². The molecule has 3 heteroatoms. The molecule has 0 aromatic heterocycles. The first-order valence-electron chi connectivity index (χ1n) is 6.87. The van der Waals surface area contributed by atoms with E-state index in [4.69, 9.17) is 5.73 Å². The Hall–Kier alpha value is -0.120. The lowest BCUT2D eigenvalue weighted by Gasteiger charge is -2.48. The number of nitrogens with zero attached hydrogens (tertiary/aromatic N) is 2. The molecule has 2 aliphatic rings. The number of hydrogen-bond acceptors (Lipinski definition) is 3. The highest BCUT2D eigenvalue weighted by Gasteiger charge is 2.40. The van der Waals surface area contributed by atoms with Crippen LogP contribution in [-0.2, 0) is 0 Å². The number of hydrogen-bond donors (Lipinski definition) is 1. The SMILES string of the molecule is CCC1CN(C2(CN)CCCC2)CCN1C. The Morgan fingerprint density at radius 3 is 2.50 bits per heavy atom. The van der Waals surface area contributed by atoms with Crippen LogP contribution in [0.3, 0.4) is 0 Å². The summed E-state index contributed by atoms with van der Waals surface area (Å²) in [6.07, 6.45) is 6.65. The van der Waals surface area contributed by atoms with Gasteiger partial charge in [0.15, 0.2) is 0 Å². The summed E-state index contributed by atoms with van der Waals surface area (Å²) >= 11 is 0. The van der Waals surface area contributed by atoms with Crippen LogP contribution in [0.2, 0.25) is 0 Å². The third-order valence-electron chi connectivity index (χ3n) is 4.83. The molecule has 0 bridgehead atoms. The van der Waals surface area contributed by atoms with Crippen molar-refractivity contribution in [3.63, 3.8) is 0 Å². The summed E-state index contributed by atoms with van der Waals surface area (Å²) in [5.41, 5.74) is 6.42. The third kappa shape index (κ3) is 2.13. The Kier molecular flexibility index (Phi) is 3.88. The number of rotatable bonds is 3. The van der Waals surface area contributed by atoms with E-state index in [9.17, 15) is 0 Å². The number of likely N-dealkylation sites (N-methyl/N-ethyl adjacent to an activating group) is 1. The normalized spacial score (nSPS) is 32.1. The second-order valence-corrected chi connectivity index (χ2v) is 5.62. The van der Waals surface area contributed by atoms with Gasteiger partial charge in [-0.05, 0) is 26.3 Å². The Balaban J connectivity index is 2.03. The van der Waals surface area contributed by atoms with Crippen LogP contribution < -0.4 is 5.73 Å². The average Bonchev–Trinajstić information content (AvgIpc) is 2.79. The summed E-state index contributed by atoms with van der Waals surface area (Å²) in [5.74, 6) is 0. The third-order valence-corrected chi connectivity index (χ3v) is 4.83. The average molecular weight is 225 g/mol.